The summed E-state index contributed by atoms with van der Waals surface area (Å²) in [5, 5.41) is 11.2. The van der Waals surface area contributed by atoms with Gasteiger partial charge in [-0.3, -0.25) is 9.59 Å². The quantitative estimate of drug-likeness (QED) is 0.699. The molecule has 0 spiro atoms. The molecule has 1 fully saturated rings. The van der Waals surface area contributed by atoms with Gasteiger partial charge in [0.05, 0.1) is 6.54 Å². The maximum absolute atomic E-state index is 11.7. The Hall–Kier alpha value is -1.85. The van der Waals surface area contributed by atoms with Crippen LogP contribution in [0, 0.1) is 0 Å². The van der Waals surface area contributed by atoms with E-state index >= 15 is 0 Å². The van der Waals surface area contributed by atoms with Crippen molar-refractivity contribution >= 4 is 17.8 Å². The van der Waals surface area contributed by atoms with Gasteiger partial charge in [0.2, 0.25) is 11.8 Å². The van der Waals surface area contributed by atoms with Crippen LogP contribution in [-0.2, 0) is 14.4 Å². The smallest absolute Gasteiger partial charge is 0.331 e. The number of hydrogen-bond donors (Lipinski definition) is 2. The van der Waals surface area contributed by atoms with Crippen LogP contribution < -0.4 is 5.32 Å². The largest absolute Gasteiger partial charge is 0.478 e. The summed E-state index contributed by atoms with van der Waals surface area (Å²) in [6, 6.07) is 0. The highest BCUT2D eigenvalue weighted by molar-refractivity contribution is 6.02. The molecule has 1 rings (SSSR count). The second-order valence-corrected chi connectivity index (χ2v) is 4.33. The number of hydrogen-bond acceptors (Lipinski definition) is 3. The molecule has 2 N–H and O–H groups in total. The zero-order chi connectivity index (χ0) is 13.7. The number of nitrogens with one attached hydrogen (secondary N) is 1. The molecule has 0 unspecified atom stereocenters. The highest BCUT2D eigenvalue weighted by Crippen LogP contribution is 2.07. The second-order valence-electron chi connectivity index (χ2n) is 4.33. The third-order valence-electron chi connectivity index (χ3n) is 3.08. The first kappa shape index (κ1) is 14.2. The van der Waals surface area contributed by atoms with Crippen molar-refractivity contribution < 1.29 is 19.5 Å². The van der Waals surface area contributed by atoms with E-state index in [2.05, 4.69) is 5.32 Å². The topological polar surface area (TPSA) is 86.7 Å². The molecule has 6 nitrogen and oxygen atoms in total. The molecule has 1 saturated heterocycles. The average Bonchev–Trinajstić information content (AvgIpc) is 2.87. The van der Waals surface area contributed by atoms with Gasteiger partial charge in [0, 0.05) is 24.2 Å². The normalized spacial score (nSPS) is 16.2. The van der Waals surface area contributed by atoms with E-state index in [0.29, 0.717) is 0 Å². The van der Waals surface area contributed by atoms with E-state index in [9.17, 15) is 14.4 Å². The first-order chi connectivity index (χ1) is 8.43. The fourth-order valence-electron chi connectivity index (χ4n) is 1.70. The van der Waals surface area contributed by atoms with Crippen LogP contribution in [0.2, 0.25) is 0 Å². The Morgan fingerprint density at radius 1 is 1.11 bits per heavy atom. The molecule has 18 heavy (non-hydrogen) atoms. The molecular weight excluding hydrogens is 236 g/mol. The summed E-state index contributed by atoms with van der Waals surface area (Å²) in [5.74, 6) is -1.77. The van der Waals surface area contributed by atoms with Crippen molar-refractivity contribution in [1.29, 1.82) is 0 Å². The molecule has 0 bridgehead atoms. The van der Waals surface area contributed by atoms with Crippen molar-refractivity contribution in [2.45, 2.75) is 26.7 Å². The number of aliphatic carboxylic acids is 1. The Morgan fingerprint density at radius 3 is 2.17 bits per heavy atom. The second kappa shape index (κ2) is 6.18. The zero-order valence-electron chi connectivity index (χ0n) is 10.7. The third kappa shape index (κ3) is 3.58. The molecule has 6 heteroatoms. The minimum Gasteiger partial charge on any atom is -0.478 e. The highest BCUT2D eigenvalue weighted by Gasteiger charge is 2.19. The van der Waals surface area contributed by atoms with Crippen LogP contribution >= 0.6 is 0 Å². The van der Waals surface area contributed by atoms with E-state index in [1.165, 1.54) is 13.8 Å². The van der Waals surface area contributed by atoms with Crippen molar-refractivity contribution in [2.24, 2.45) is 0 Å². The lowest BCUT2D eigenvalue weighted by atomic mass is 10.1. The van der Waals surface area contributed by atoms with Crippen LogP contribution in [0.5, 0.6) is 0 Å². The molecular formula is C12H18N2O4. The van der Waals surface area contributed by atoms with E-state index < -0.39 is 11.9 Å². The summed E-state index contributed by atoms with van der Waals surface area (Å²) in [7, 11) is 0. The van der Waals surface area contributed by atoms with Gasteiger partial charge in [-0.25, -0.2) is 4.79 Å². The summed E-state index contributed by atoms with van der Waals surface area (Å²) < 4.78 is 0. The minimum atomic E-state index is -1.13. The third-order valence-corrected chi connectivity index (χ3v) is 3.08. The summed E-state index contributed by atoms with van der Waals surface area (Å²) >= 11 is 0. The van der Waals surface area contributed by atoms with E-state index in [0.717, 1.165) is 25.9 Å². The molecule has 0 aliphatic carbocycles. The van der Waals surface area contributed by atoms with Crippen molar-refractivity contribution in [3.05, 3.63) is 11.1 Å². The molecule has 1 aliphatic rings. The van der Waals surface area contributed by atoms with Crippen LogP contribution in [-0.4, -0.2) is 47.4 Å². The molecule has 1 aliphatic heterocycles. The Kier molecular flexibility index (Phi) is 4.88. The van der Waals surface area contributed by atoms with Gasteiger partial charge in [-0.05, 0) is 26.7 Å². The van der Waals surface area contributed by atoms with Crippen molar-refractivity contribution in [1.82, 2.24) is 10.2 Å². The molecule has 100 valence electrons. The van der Waals surface area contributed by atoms with E-state index in [-0.39, 0.29) is 23.6 Å². The Labute approximate surface area is 106 Å². The van der Waals surface area contributed by atoms with Crippen molar-refractivity contribution in [3.63, 3.8) is 0 Å². The van der Waals surface area contributed by atoms with Gasteiger partial charge < -0.3 is 15.3 Å². The first-order valence-corrected chi connectivity index (χ1v) is 5.90. The van der Waals surface area contributed by atoms with Crippen molar-refractivity contribution in [2.75, 3.05) is 19.6 Å². The fraction of sp³-hybridized carbons (Fsp3) is 0.583. The summed E-state index contributed by atoms with van der Waals surface area (Å²) in [5.41, 5.74) is 0.109. The van der Waals surface area contributed by atoms with Crippen LogP contribution in [0.3, 0.4) is 0 Å². The molecule has 0 aromatic carbocycles. The predicted octanol–water partition coefficient (Wildman–Crippen LogP) is 0.146. The summed E-state index contributed by atoms with van der Waals surface area (Å²) in [6.45, 7) is 4.18. The average molecular weight is 254 g/mol. The van der Waals surface area contributed by atoms with Crippen LogP contribution in [0.4, 0.5) is 0 Å². The zero-order valence-corrected chi connectivity index (χ0v) is 10.7. The number of likely N-dealkylation sites (tertiary alicyclic amines) is 1. The number of carboxylic acid groups (broad SMARTS) is 1. The maximum Gasteiger partial charge on any atom is 0.331 e. The van der Waals surface area contributed by atoms with Gasteiger partial charge in [-0.2, -0.15) is 0 Å². The lowest BCUT2D eigenvalue weighted by molar-refractivity contribution is -0.133. The Bertz CT molecular complexity index is 395. The van der Waals surface area contributed by atoms with Crippen LogP contribution in [0.15, 0.2) is 11.1 Å². The van der Waals surface area contributed by atoms with Crippen LogP contribution in [0.1, 0.15) is 26.7 Å². The fourth-order valence-corrected chi connectivity index (χ4v) is 1.70. The molecule has 2 amide bonds. The summed E-state index contributed by atoms with van der Waals surface area (Å²) in [6.07, 6.45) is 1.99. The molecule has 1 heterocycles. The van der Waals surface area contributed by atoms with Gasteiger partial charge in [0.25, 0.3) is 0 Å². The number of carbonyl (C=O) groups is 3. The standard InChI is InChI=1S/C12H18N2O4/c1-8(9(2)12(17)18)11(16)13-7-10(15)14-5-3-4-6-14/h3-7H2,1-2H3,(H,13,16)(H,17,18). The molecule has 0 aromatic heterocycles. The lowest BCUT2D eigenvalue weighted by Gasteiger charge is -2.15. The molecule has 0 radical (unpaired) electrons. The Balaban J connectivity index is 2.48. The number of rotatable bonds is 4. The highest BCUT2D eigenvalue weighted by atomic mass is 16.4. The maximum atomic E-state index is 11.7. The van der Waals surface area contributed by atoms with E-state index in [1.54, 1.807) is 4.90 Å². The molecule has 0 aromatic rings. The van der Waals surface area contributed by atoms with E-state index in [1.807, 2.05) is 0 Å². The Morgan fingerprint density at radius 2 is 1.67 bits per heavy atom. The monoisotopic (exact) mass is 254 g/mol. The lowest BCUT2D eigenvalue weighted by Crippen LogP contribution is -2.39. The predicted molar refractivity (Wildman–Crippen MR) is 64.8 cm³/mol. The first-order valence-electron chi connectivity index (χ1n) is 5.90. The van der Waals surface area contributed by atoms with Gasteiger partial charge in [-0.1, -0.05) is 0 Å². The van der Waals surface area contributed by atoms with E-state index in [4.69, 9.17) is 5.11 Å². The summed E-state index contributed by atoms with van der Waals surface area (Å²) in [4.78, 5) is 35.6. The van der Waals surface area contributed by atoms with Gasteiger partial charge in [-0.15, -0.1) is 0 Å². The number of amides is 2. The molecule has 0 saturated carbocycles. The van der Waals surface area contributed by atoms with Crippen LogP contribution in [0.25, 0.3) is 0 Å². The number of carboxylic acids is 1. The SMILES string of the molecule is CC(C(=O)O)=C(C)C(=O)NCC(=O)N1CCCC1. The van der Waals surface area contributed by atoms with Gasteiger partial charge in [0.1, 0.15) is 0 Å². The molecule has 0 atom stereocenters. The minimum absolute atomic E-state index is 0.0129. The number of nitrogens with zero attached hydrogens (tertiary/aromatic N) is 1. The van der Waals surface area contributed by atoms with Crippen molar-refractivity contribution in [3.8, 4) is 0 Å². The number of carbonyl (C=O) groups excluding carboxylic acids is 2. The van der Waals surface area contributed by atoms with Gasteiger partial charge >= 0.3 is 5.97 Å². The van der Waals surface area contributed by atoms with Gasteiger partial charge in [0.15, 0.2) is 0 Å².